The molecule has 1 aliphatic carbocycles. The molecule has 1 aliphatic heterocycles. The Morgan fingerprint density at radius 2 is 1.89 bits per heavy atom. The topological polar surface area (TPSA) is 49.8 Å². The van der Waals surface area contributed by atoms with E-state index in [0.717, 1.165) is 55.5 Å². The van der Waals surface area contributed by atoms with E-state index in [9.17, 15) is 9.90 Å². The van der Waals surface area contributed by atoms with Gasteiger partial charge < -0.3 is 14.7 Å². The summed E-state index contributed by atoms with van der Waals surface area (Å²) in [6, 6.07) is 15.7. The Balaban J connectivity index is 1.55. The maximum absolute atomic E-state index is 13.2. The van der Waals surface area contributed by atoms with E-state index in [4.69, 9.17) is 4.74 Å². The number of hydrogen-bond donors (Lipinski definition) is 1. The Morgan fingerprint density at radius 3 is 2.59 bits per heavy atom. The first-order valence-corrected chi connectivity index (χ1v) is 9.83. The van der Waals surface area contributed by atoms with Gasteiger partial charge in [0.1, 0.15) is 5.75 Å². The maximum atomic E-state index is 13.2. The number of hydrogen-bond acceptors (Lipinski definition) is 3. The highest BCUT2D eigenvalue weighted by Crippen LogP contribution is 2.45. The lowest BCUT2D eigenvalue weighted by Gasteiger charge is -2.42. The van der Waals surface area contributed by atoms with Gasteiger partial charge in [-0.15, -0.1) is 0 Å². The van der Waals surface area contributed by atoms with Gasteiger partial charge in [-0.05, 0) is 61.1 Å². The van der Waals surface area contributed by atoms with Crippen LogP contribution in [0.15, 0.2) is 48.5 Å². The van der Waals surface area contributed by atoms with E-state index in [2.05, 4.69) is 0 Å². The van der Waals surface area contributed by atoms with E-state index >= 15 is 0 Å². The summed E-state index contributed by atoms with van der Waals surface area (Å²) in [4.78, 5) is 15.1. The minimum absolute atomic E-state index is 0.0727. The number of benzene rings is 2. The van der Waals surface area contributed by atoms with Crippen LogP contribution in [0, 0.1) is 5.41 Å². The molecule has 27 heavy (non-hydrogen) atoms. The van der Waals surface area contributed by atoms with Crippen molar-refractivity contribution in [3.05, 3.63) is 54.1 Å². The predicted molar refractivity (Wildman–Crippen MR) is 106 cm³/mol. The second kappa shape index (κ2) is 7.35. The van der Waals surface area contributed by atoms with Crippen LogP contribution in [0.5, 0.6) is 5.75 Å². The highest BCUT2D eigenvalue weighted by atomic mass is 16.5. The molecule has 2 aromatic carbocycles. The van der Waals surface area contributed by atoms with E-state index in [1.807, 2.05) is 53.4 Å². The zero-order chi connectivity index (χ0) is 18.9. The minimum Gasteiger partial charge on any atom is -0.497 e. The highest BCUT2D eigenvalue weighted by Gasteiger charge is 2.45. The fraction of sp³-hybridized carbons (Fsp3) is 0.435. The van der Waals surface area contributed by atoms with E-state index in [1.54, 1.807) is 7.11 Å². The summed E-state index contributed by atoms with van der Waals surface area (Å²) in [5.74, 6) is 0.892. The van der Waals surface area contributed by atoms with Crippen molar-refractivity contribution in [2.45, 2.75) is 38.2 Å². The van der Waals surface area contributed by atoms with Gasteiger partial charge in [0.05, 0.1) is 13.2 Å². The molecular formula is C23H27NO3. The normalized spacial score (nSPS) is 25.0. The molecule has 2 aliphatic rings. The summed E-state index contributed by atoms with van der Waals surface area (Å²) >= 11 is 0. The first-order chi connectivity index (χ1) is 13.1. The lowest BCUT2D eigenvalue weighted by molar-refractivity contribution is -0.00535. The Morgan fingerprint density at radius 1 is 1.11 bits per heavy atom. The molecular weight excluding hydrogens is 338 g/mol. The molecule has 1 amide bonds. The average molecular weight is 365 g/mol. The first-order valence-electron chi connectivity index (χ1n) is 9.83. The lowest BCUT2D eigenvalue weighted by atomic mass is 9.76. The third kappa shape index (κ3) is 3.46. The van der Waals surface area contributed by atoms with Gasteiger partial charge in [0.15, 0.2) is 0 Å². The molecule has 1 N–H and O–H groups in total. The van der Waals surface area contributed by atoms with Gasteiger partial charge in [-0.3, -0.25) is 4.79 Å². The van der Waals surface area contributed by atoms with Crippen molar-refractivity contribution in [2.75, 3.05) is 20.2 Å². The number of aliphatic hydroxyl groups excluding tert-OH is 1. The third-order valence-corrected chi connectivity index (χ3v) is 6.29. The largest absolute Gasteiger partial charge is 0.497 e. The number of carbonyl (C=O) groups is 1. The Kier molecular flexibility index (Phi) is 4.92. The Hall–Kier alpha value is -2.33. The van der Waals surface area contributed by atoms with Crippen LogP contribution in [-0.4, -0.2) is 42.2 Å². The van der Waals surface area contributed by atoms with Gasteiger partial charge in [0.2, 0.25) is 0 Å². The zero-order valence-corrected chi connectivity index (χ0v) is 15.9. The fourth-order valence-corrected chi connectivity index (χ4v) is 4.73. The van der Waals surface area contributed by atoms with Crippen molar-refractivity contribution in [2.24, 2.45) is 5.41 Å². The molecule has 4 nitrogen and oxygen atoms in total. The van der Waals surface area contributed by atoms with Crippen molar-refractivity contribution in [3.8, 4) is 16.9 Å². The van der Waals surface area contributed by atoms with E-state index in [0.29, 0.717) is 12.1 Å². The number of methoxy groups -OCH3 is 1. The molecule has 2 aromatic rings. The molecule has 1 saturated carbocycles. The monoisotopic (exact) mass is 365 g/mol. The molecule has 0 bridgehead atoms. The smallest absolute Gasteiger partial charge is 0.253 e. The molecule has 0 radical (unpaired) electrons. The summed E-state index contributed by atoms with van der Waals surface area (Å²) < 4.78 is 5.22. The van der Waals surface area contributed by atoms with Gasteiger partial charge in [0.25, 0.3) is 5.91 Å². The van der Waals surface area contributed by atoms with Crippen molar-refractivity contribution in [1.29, 1.82) is 0 Å². The van der Waals surface area contributed by atoms with Gasteiger partial charge >= 0.3 is 0 Å². The molecule has 0 unspecified atom stereocenters. The van der Waals surface area contributed by atoms with Crippen LogP contribution in [0.3, 0.4) is 0 Å². The standard InChI is InChI=1S/C23H27NO3/c1-27-20-10-8-17(9-11-20)18-5-2-6-19(15-18)22(26)24-14-4-13-23(16-24)12-3-7-21(23)25/h2,5-6,8-11,15,21,25H,3-4,7,12-14,16H2,1H3/t21-,23-/m1/s1. The van der Waals surface area contributed by atoms with Gasteiger partial charge in [-0.25, -0.2) is 0 Å². The van der Waals surface area contributed by atoms with Crippen molar-refractivity contribution in [1.82, 2.24) is 4.90 Å². The Labute approximate surface area is 160 Å². The Bertz CT molecular complexity index is 817. The average Bonchev–Trinajstić information content (AvgIpc) is 3.07. The number of rotatable bonds is 3. The van der Waals surface area contributed by atoms with E-state index < -0.39 is 0 Å². The highest BCUT2D eigenvalue weighted by molar-refractivity contribution is 5.95. The first kappa shape index (κ1) is 18.1. The van der Waals surface area contributed by atoms with Crippen LogP contribution in [-0.2, 0) is 0 Å². The second-order valence-electron chi connectivity index (χ2n) is 7.91. The van der Waals surface area contributed by atoms with Crippen LogP contribution in [0.2, 0.25) is 0 Å². The number of amides is 1. The predicted octanol–water partition coefficient (Wildman–Crippen LogP) is 4.13. The van der Waals surface area contributed by atoms with Crippen LogP contribution in [0.25, 0.3) is 11.1 Å². The molecule has 2 atom stereocenters. The van der Waals surface area contributed by atoms with Crippen molar-refractivity contribution >= 4 is 5.91 Å². The number of nitrogens with zero attached hydrogens (tertiary/aromatic N) is 1. The summed E-state index contributed by atoms with van der Waals surface area (Å²) in [7, 11) is 1.65. The zero-order valence-electron chi connectivity index (χ0n) is 15.9. The molecule has 142 valence electrons. The molecule has 0 aromatic heterocycles. The molecule has 4 heteroatoms. The van der Waals surface area contributed by atoms with E-state index in [1.165, 1.54) is 0 Å². The van der Waals surface area contributed by atoms with Crippen molar-refractivity contribution in [3.63, 3.8) is 0 Å². The molecule has 1 spiro atoms. The summed E-state index contributed by atoms with van der Waals surface area (Å²) in [6.45, 7) is 1.46. The number of carbonyl (C=O) groups excluding carboxylic acids is 1. The number of aliphatic hydroxyl groups is 1. The third-order valence-electron chi connectivity index (χ3n) is 6.29. The summed E-state index contributed by atoms with van der Waals surface area (Å²) in [5, 5.41) is 10.5. The van der Waals surface area contributed by atoms with Gasteiger partial charge in [-0.2, -0.15) is 0 Å². The summed E-state index contributed by atoms with van der Waals surface area (Å²) in [6.07, 6.45) is 4.71. The van der Waals surface area contributed by atoms with Crippen LogP contribution in [0.1, 0.15) is 42.5 Å². The SMILES string of the molecule is COc1ccc(-c2cccc(C(=O)N3CCC[C@]4(CCC[C@H]4O)C3)c2)cc1. The van der Waals surface area contributed by atoms with Crippen LogP contribution >= 0.6 is 0 Å². The van der Waals surface area contributed by atoms with Gasteiger partial charge in [0, 0.05) is 24.1 Å². The van der Waals surface area contributed by atoms with Gasteiger partial charge in [-0.1, -0.05) is 30.7 Å². The second-order valence-corrected chi connectivity index (χ2v) is 7.91. The number of ether oxygens (including phenoxy) is 1. The van der Waals surface area contributed by atoms with Crippen LogP contribution in [0.4, 0.5) is 0 Å². The lowest BCUT2D eigenvalue weighted by Crippen LogP contribution is -2.49. The quantitative estimate of drug-likeness (QED) is 0.890. The van der Waals surface area contributed by atoms with Crippen LogP contribution < -0.4 is 4.74 Å². The fourth-order valence-electron chi connectivity index (χ4n) is 4.73. The number of likely N-dealkylation sites (tertiary alicyclic amines) is 1. The molecule has 4 rings (SSSR count). The summed E-state index contributed by atoms with van der Waals surface area (Å²) in [5.41, 5.74) is 2.72. The number of piperidine rings is 1. The minimum atomic E-state index is -0.265. The molecule has 2 fully saturated rings. The van der Waals surface area contributed by atoms with Crippen molar-refractivity contribution < 1.29 is 14.6 Å². The maximum Gasteiger partial charge on any atom is 0.253 e. The van der Waals surface area contributed by atoms with E-state index in [-0.39, 0.29) is 17.4 Å². The molecule has 1 saturated heterocycles. The molecule has 1 heterocycles.